The minimum absolute atomic E-state index is 0.0171. The highest BCUT2D eigenvalue weighted by molar-refractivity contribution is 5.92. The molecule has 0 aromatic heterocycles. The van der Waals surface area contributed by atoms with Crippen LogP contribution in [0.25, 0.3) is 0 Å². The van der Waals surface area contributed by atoms with Gasteiger partial charge in [0, 0.05) is 37.6 Å². The van der Waals surface area contributed by atoms with Gasteiger partial charge >= 0.3 is 0 Å². The number of hydrogen-bond acceptors (Lipinski definition) is 4. The van der Waals surface area contributed by atoms with E-state index in [-0.39, 0.29) is 5.91 Å². The summed E-state index contributed by atoms with van der Waals surface area (Å²) in [7, 11) is 2.16. The van der Waals surface area contributed by atoms with Gasteiger partial charge in [0.05, 0.1) is 6.54 Å². The molecule has 0 atom stereocenters. The fraction of sp³-hybridized carbons (Fsp3) is 0.588. The summed E-state index contributed by atoms with van der Waals surface area (Å²) in [5, 5.41) is 6.08. The van der Waals surface area contributed by atoms with Crippen LogP contribution in [-0.4, -0.2) is 57.1 Å². The molecule has 1 aromatic carbocycles. The molecule has 5 nitrogen and oxygen atoms in total. The Hall–Kier alpha value is -1.59. The highest BCUT2D eigenvalue weighted by Gasteiger charge is 2.14. The number of unbranched alkanes of at least 4 members (excludes halogenated alkanes) is 1. The highest BCUT2D eigenvalue weighted by Crippen LogP contribution is 2.19. The molecule has 0 saturated carbocycles. The number of piperazine rings is 1. The zero-order valence-electron chi connectivity index (χ0n) is 13.8. The second kappa shape index (κ2) is 8.76. The van der Waals surface area contributed by atoms with Crippen molar-refractivity contribution in [2.75, 3.05) is 56.5 Å². The average molecular weight is 304 g/mol. The first kappa shape index (κ1) is 16.8. The monoisotopic (exact) mass is 304 g/mol. The fourth-order valence-electron chi connectivity index (χ4n) is 2.53. The Morgan fingerprint density at radius 3 is 2.45 bits per heavy atom. The van der Waals surface area contributed by atoms with Crippen LogP contribution in [-0.2, 0) is 4.79 Å². The molecule has 0 aliphatic carbocycles. The van der Waals surface area contributed by atoms with Gasteiger partial charge in [0.25, 0.3) is 0 Å². The average Bonchev–Trinajstić information content (AvgIpc) is 2.53. The molecule has 1 aliphatic rings. The Morgan fingerprint density at radius 1 is 1.14 bits per heavy atom. The highest BCUT2D eigenvalue weighted by atomic mass is 16.1. The molecular weight excluding hydrogens is 276 g/mol. The molecule has 0 spiro atoms. The molecule has 1 fully saturated rings. The third kappa shape index (κ3) is 5.31. The van der Waals surface area contributed by atoms with E-state index in [9.17, 15) is 4.79 Å². The van der Waals surface area contributed by atoms with Crippen molar-refractivity contribution in [1.82, 2.24) is 10.2 Å². The minimum atomic E-state index is 0.0171. The molecule has 0 radical (unpaired) electrons. The second-order valence-electron chi connectivity index (χ2n) is 5.92. The van der Waals surface area contributed by atoms with Gasteiger partial charge in [-0.15, -0.1) is 0 Å². The van der Waals surface area contributed by atoms with Crippen LogP contribution >= 0.6 is 0 Å². The van der Waals surface area contributed by atoms with Crippen molar-refractivity contribution >= 4 is 17.3 Å². The molecule has 1 saturated heterocycles. The Labute approximate surface area is 133 Å². The smallest absolute Gasteiger partial charge is 0.238 e. The standard InChI is InChI=1S/C17H28N4O/c1-3-4-9-18-14-17(22)19-15-5-7-16(8-6-15)21-12-10-20(2)11-13-21/h5-8,18H,3-4,9-14H2,1-2H3,(H,19,22). The first-order valence-corrected chi connectivity index (χ1v) is 8.23. The predicted octanol–water partition coefficient (Wildman–Crippen LogP) is 1.77. The van der Waals surface area contributed by atoms with Crippen LogP contribution < -0.4 is 15.5 Å². The first-order valence-electron chi connectivity index (χ1n) is 8.23. The molecule has 1 aromatic rings. The summed E-state index contributed by atoms with van der Waals surface area (Å²) in [5.74, 6) is 0.0171. The normalized spacial score (nSPS) is 15.8. The van der Waals surface area contributed by atoms with Gasteiger partial charge in [0.2, 0.25) is 5.91 Å². The third-order valence-electron chi connectivity index (χ3n) is 4.01. The summed E-state index contributed by atoms with van der Waals surface area (Å²) in [6, 6.07) is 8.14. The molecular formula is C17H28N4O. The van der Waals surface area contributed by atoms with E-state index in [0.717, 1.165) is 51.3 Å². The summed E-state index contributed by atoms with van der Waals surface area (Å²) in [6.45, 7) is 7.73. The van der Waals surface area contributed by atoms with Gasteiger partial charge in [-0.1, -0.05) is 13.3 Å². The summed E-state index contributed by atoms with van der Waals surface area (Å²) < 4.78 is 0. The lowest BCUT2D eigenvalue weighted by molar-refractivity contribution is -0.115. The minimum Gasteiger partial charge on any atom is -0.369 e. The van der Waals surface area contributed by atoms with Gasteiger partial charge in [-0.25, -0.2) is 0 Å². The van der Waals surface area contributed by atoms with E-state index < -0.39 is 0 Å². The first-order chi connectivity index (χ1) is 10.7. The van der Waals surface area contributed by atoms with E-state index in [1.54, 1.807) is 0 Å². The number of amides is 1. The zero-order valence-corrected chi connectivity index (χ0v) is 13.8. The van der Waals surface area contributed by atoms with Gasteiger partial charge in [0.15, 0.2) is 0 Å². The number of likely N-dealkylation sites (N-methyl/N-ethyl adjacent to an activating group) is 1. The number of carbonyl (C=O) groups excluding carboxylic acids is 1. The summed E-state index contributed by atoms with van der Waals surface area (Å²) in [6.07, 6.45) is 2.25. The van der Waals surface area contributed by atoms with Gasteiger partial charge in [0.1, 0.15) is 0 Å². The van der Waals surface area contributed by atoms with Crippen molar-refractivity contribution in [3.8, 4) is 0 Å². The molecule has 22 heavy (non-hydrogen) atoms. The lowest BCUT2D eigenvalue weighted by Gasteiger charge is -2.34. The van der Waals surface area contributed by atoms with E-state index in [1.807, 2.05) is 12.1 Å². The SMILES string of the molecule is CCCCNCC(=O)Nc1ccc(N2CCN(C)CC2)cc1. The Morgan fingerprint density at radius 2 is 1.82 bits per heavy atom. The number of anilines is 2. The van der Waals surface area contributed by atoms with E-state index in [1.165, 1.54) is 5.69 Å². The van der Waals surface area contributed by atoms with Gasteiger partial charge in [-0.2, -0.15) is 0 Å². The molecule has 1 amide bonds. The Kier molecular flexibility index (Phi) is 6.68. The quantitative estimate of drug-likeness (QED) is 0.754. The molecule has 0 unspecified atom stereocenters. The Bertz CT molecular complexity index is 452. The maximum Gasteiger partial charge on any atom is 0.238 e. The summed E-state index contributed by atoms with van der Waals surface area (Å²) >= 11 is 0. The summed E-state index contributed by atoms with van der Waals surface area (Å²) in [4.78, 5) is 16.5. The zero-order chi connectivity index (χ0) is 15.8. The lowest BCUT2D eigenvalue weighted by Crippen LogP contribution is -2.44. The van der Waals surface area contributed by atoms with E-state index in [0.29, 0.717) is 6.54 Å². The van der Waals surface area contributed by atoms with Crippen molar-refractivity contribution in [1.29, 1.82) is 0 Å². The van der Waals surface area contributed by atoms with E-state index in [4.69, 9.17) is 0 Å². The van der Waals surface area contributed by atoms with Crippen molar-refractivity contribution in [3.63, 3.8) is 0 Å². The maximum atomic E-state index is 11.8. The number of nitrogens with zero attached hydrogens (tertiary/aromatic N) is 2. The van der Waals surface area contributed by atoms with Crippen molar-refractivity contribution < 1.29 is 4.79 Å². The van der Waals surface area contributed by atoms with Crippen molar-refractivity contribution in [3.05, 3.63) is 24.3 Å². The molecule has 122 valence electrons. The number of carbonyl (C=O) groups is 1. The van der Waals surface area contributed by atoms with Crippen molar-refractivity contribution in [2.24, 2.45) is 0 Å². The molecule has 2 rings (SSSR count). The topological polar surface area (TPSA) is 47.6 Å². The number of rotatable bonds is 7. The Balaban J connectivity index is 1.78. The second-order valence-corrected chi connectivity index (χ2v) is 5.92. The molecule has 5 heteroatoms. The van der Waals surface area contributed by atoms with Crippen LogP contribution in [0, 0.1) is 0 Å². The molecule has 2 N–H and O–H groups in total. The predicted molar refractivity (Wildman–Crippen MR) is 92.6 cm³/mol. The van der Waals surface area contributed by atoms with Crippen LogP contribution in [0.3, 0.4) is 0 Å². The largest absolute Gasteiger partial charge is 0.369 e. The molecule has 1 heterocycles. The maximum absolute atomic E-state index is 11.8. The number of hydrogen-bond donors (Lipinski definition) is 2. The third-order valence-corrected chi connectivity index (χ3v) is 4.01. The van der Waals surface area contributed by atoms with Gasteiger partial charge < -0.3 is 20.4 Å². The van der Waals surface area contributed by atoms with E-state index >= 15 is 0 Å². The van der Waals surface area contributed by atoms with Crippen LogP contribution in [0.15, 0.2) is 24.3 Å². The van der Waals surface area contributed by atoms with Crippen LogP contribution in [0.1, 0.15) is 19.8 Å². The lowest BCUT2D eigenvalue weighted by atomic mass is 10.2. The van der Waals surface area contributed by atoms with Crippen molar-refractivity contribution in [2.45, 2.75) is 19.8 Å². The molecule has 1 aliphatic heterocycles. The van der Waals surface area contributed by atoms with Crippen LogP contribution in [0.5, 0.6) is 0 Å². The van der Waals surface area contributed by atoms with Gasteiger partial charge in [-0.3, -0.25) is 4.79 Å². The van der Waals surface area contributed by atoms with E-state index in [2.05, 4.69) is 46.5 Å². The molecule has 0 bridgehead atoms. The number of benzene rings is 1. The van der Waals surface area contributed by atoms with Crippen LogP contribution in [0.4, 0.5) is 11.4 Å². The number of nitrogens with one attached hydrogen (secondary N) is 2. The fourth-order valence-corrected chi connectivity index (χ4v) is 2.53. The summed E-state index contributed by atoms with van der Waals surface area (Å²) in [5.41, 5.74) is 2.09. The van der Waals surface area contributed by atoms with Crippen LogP contribution in [0.2, 0.25) is 0 Å². The van der Waals surface area contributed by atoms with Gasteiger partial charge in [-0.05, 0) is 44.3 Å².